The van der Waals surface area contributed by atoms with Gasteiger partial charge in [-0.2, -0.15) is 0 Å². The van der Waals surface area contributed by atoms with Gasteiger partial charge < -0.3 is 9.64 Å². The van der Waals surface area contributed by atoms with Crippen molar-refractivity contribution in [3.05, 3.63) is 30.1 Å². The molecule has 2 aliphatic rings. The number of ether oxygens (including phenoxy) is 1. The Morgan fingerprint density at radius 3 is 2.36 bits per heavy atom. The van der Waals surface area contributed by atoms with E-state index in [1.165, 1.54) is 44.7 Å². The predicted molar refractivity (Wildman–Crippen MR) is 102 cm³/mol. The van der Waals surface area contributed by atoms with Gasteiger partial charge in [0.25, 0.3) is 0 Å². The molecule has 0 N–H and O–H groups in total. The summed E-state index contributed by atoms with van der Waals surface area (Å²) in [6, 6.07) is 4.22. The van der Waals surface area contributed by atoms with Crippen LogP contribution in [0.25, 0.3) is 0 Å². The summed E-state index contributed by atoms with van der Waals surface area (Å²) in [6.45, 7) is 16.9. The molecule has 3 rings (SSSR count). The molecule has 0 radical (unpaired) electrons. The maximum absolute atomic E-state index is 5.48. The van der Waals surface area contributed by atoms with Gasteiger partial charge in [-0.3, -0.25) is 14.8 Å². The van der Waals surface area contributed by atoms with Gasteiger partial charge in [-0.05, 0) is 36.6 Å². The normalized spacial score (nSPS) is 22.0. The summed E-state index contributed by atoms with van der Waals surface area (Å²) in [4.78, 5) is 12.1. The molecule has 25 heavy (non-hydrogen) atoms. The molecule has 2 fully saturated rings. The molecule has 0 aliphatic carbocycles. The Labute approximate surface area is 153 Å². The van der Waals surface area contributed by atoms with E-state index in [4.69, 9.17) is 4.74 Å². The van der Waals surface area contributed by atoms with Gasteiger partial charge in [0.2, 0.25) is 0 Å². The van der Waals surface area contributed by atoms with Crippen LogP contribution in [0.5, 0.6) is 0 Å². The molecule has 2 saturated heterocycles. The SMILES string of the molecule is CC(C)(CN1CCOCC1)CN1CCCN(Cc2cccnc2)CC1. The maximum atomic E-state index is 5.48. The smallest absolute Gasteiger partial charge is 0.0594 e. The van der Waals surface area contributed by atoms with Crippen LogP contribution in [0.3, 0.4) is 0 Å². The van der Waals surface area contributed by atoms with E-state index in [-0.39, 0.29) is 0 Å². The molecule has 0 amide bonds. The van der Waals surface area contributed by atoms with Crippen LogP contribution in [0.1, 0.15) is 25.8 Å². The molecular formula is C20H34N4O. The summed E-state index contributed by atoms with van der Waals surface area (Å²) in [5.74, 6) is 0. The van der Waals surface area contributed by atoms with Gasteiger partial charge in [-0.1, -0.05) is 19.9 Å². The highest BCUT2D eigenvalue weighted by Crippen LogP contribution is 2.21. The number of pyridine rings is 1. The molecule has 0 saturated carbocycles. The third kappa shape index (κ3) is 6.33. The van der Waals surface area contributed by atoms with Crippen LogP contribution >= 0.6 is 0 Å². The molecule has 0 spiro atoms. The lowest BCUT2D eigenvalue weighted by molar-refractivity contribution is 0.0152. The molecule has 1 aromatic heterocycles. The molecule has 1 aromatic rings. The van der Waals surface area contributed by atoms with Crippen LogP contribution in [-0.2, 0) is 11.3 Å². The van der Waals surface area contributed by atoms with E-state index < -0.39 is 0 Å². The number of morpholine rings is 1. The standard InChI is InChI=1S/C20H34N4O/c1-20(2,18-24-11-13-25-14-12-24)17-23-8-4-7-22(9-10-23)16-19-5-3-6-21-15-19/h3,5-6,15H,4,7-14,16-18H2,1-2H3. The molecule has 140 valence electrons. The van der Waals surface area contributed by atoms with Crippen molar-refractivity contribution in [2.24, 2.45) is 5.41 Å². The van der Waals surface area contributed by atoms with Gasteiger partial charge in [0.1, 0.15) is 0 Å². The zero-order valence-electron chi connectivity index (χ0n) is 16.0. The highest BCUT2D eigenvalue weighted by atomic mass is 16.5. The minimum atomic E-state index is 0.329. The number of hydrogen-bond acceptors (Lipinski definition) is 5. The van der Waals surface area contributed by atoms with Gasteiger partial charge in [0.15, 0.2) is 0 Å². The summed E-state index contributed by atoms with van der Waals surface area (Å²) in [5, 5.41) is 0. The Balaban J connectivity index is 1.45. The minimum absolute atomic E-state index is 0.329. The van der Waals surface area contributed by atoms with Crippen LogP contribution in [-0.4, -0.2) is 85.3 Å². The second-order valence-electron chi connectivity index (χ2n) is 8.32. The summed E-state index contributed by atoms with van der Waals surface area (Å²) < 4.78 is 5.48. The van der Waals surface area contributed by atoms with Crippen LogP contribution in [0.2, 0.25) is 0 Å². The van der Waals surface area contributed by atoms with Crippen LogP contribution in [0, 0.1) is 5.41 Å². The number of nitrogens with zero attached hydrogens (tertiary/aromatic N) is 4. The Kier molecular flexibility index (Phi) is 6.82. The lowest BCUT2D eigenvalue weighted by atomic mass is 9.91. The Morgan fingerprint density at radius 1 is 0.960 bits per heavy atom. The fraction of sp³-hybridized carbons (Fsp3) is 0.750. The van der Waals surface area contributed by atoms with Crippen molar-refractivity contribution in [3.8, 4) is 0 Å². The van der Waals surface area contributed by atoms with Gasteiger partial charge in [-0.25, -0.2) is 0 Å². The van der Waals surface area contributed by atoms with Gasteiger partial charge >= 0.3 is 0 Å². The van der Waals surface area contributed by atoms with Crippen LogP contribution in [0.15, 0.2) is 24.5 Å². The predicted octanol–water partition coefficient (Wildman–Crippen LogP) is 1.95. The molecule has 2 aliphatic heterocycles. The molecular weight excluding hydrogens is 312 g/mol. The lowest BCUT2D eigenvalue weighted by Gasteiger charge is -2.38. The third-order valence-electron chi connectivity index (χ3n) is 5.22. The van der Waals surface area contributed by atoms with Gasteiger partial charge in [0.05, 0.1) is 13.2 Å². The highest BCUT2D eigenvalue weighted by molar-refractivity contribution is 5.08. The lowest BCUT2D eigenvalue weighted by Crippen LogP contribution is -2.46. The topological polar surface area (TPSA) is 31.8 Å². The van der Waals surface area contributed by atoms with E-state index in [9.17, 15) is 0 Å². The van der Waals surface area contributed by atoms with Crippen molar-refractivity contribution in [2.75, 3.05) is 65.6 Å². The van der Waals surface area contributed by atoms with E-state index >= 15 is 0 Å². The van der Waals surface area contributed by atoms with E-state index in [1.807, 2.05) is 18.5 Å². The Morgan fingerprint density at radius 2 is 1.64 bits per heavy atom. The zero-order valence-corrected chi connectivity index (χ0v) is 16.0. The van der Waals surface area contributed by atoms with Crippen LogP contribution in [0.4, 0.5) is 0 Å². The summed E-state index contributed by atoms with van der Waals surface area (Å²) in [5.41, 5.74) is 1.65. The number of rotatable bonds is 6. The fourth-order valence-corrected chi connectivity index (χ4v) is 4.11. The highest BCUT2D eigenvalue weighted by Gasteiger charge is 2.27. The quantitative estimate of drug-likeness (QED) is 0.786. The largest absolute Gasteiger partial charge is 0.379 e. The zero-order chi connectivity index (χ0) is 17.5. The molecule has 0 bridgehead atoms. The van der Waals surface area contributed by atoms with Crippen LogP contribution < -0.4 is 0 Å². The summed E-state index contributed by atoms with van der Waals surface area (Å²) >= 11 is 0. The third-order valence-corrected chi connectivity index (χ3v) is 5.22. The Bertz CT molecular complexity index is 502. The van der Waals surface area contributed by atoms with E-state index in [0.29, 0.717) is 5.41 Å². The number of aromatic nitrogens is 1. The summed E-state index contributed by atoms with van der Waals surface area (Å²) in [7, 11) is 0. The molecule has 0 atom stereocenters. The van der Waals surface area contributed by atoms with E-state index in [1.54, 1.807) is 0 Å². The second kappa shape index (κ2) is 9.08. The van der Waals surface area contributed by atoms with Crippen molar-refractivity contribution >= 4 is 0 Å². The van der Waals surface area contributed by atoms with E-state index in [0.717, 1.165) is 39.4 Å². The summed E-state index contributed by atoms with van der Waals surface area (Å²) in [6.07, 6.45) is 5.10. The first-order valence-corrected chi connectivity index (χ1v) is 9.74. The molecule has 5 heteroatoms. The minimum Gasteiger partial charge on any atom is -0.379 e. The second-order valence-corrected chi connectivity index (χ2v) is 8.32. The average molecular weight is 347 g/mol. The van der Waals surface area contributed by atoms with Crippen molar-refractivity contribution in [1.82, 2.24) is 19.7 Å². The molecule has 3 heterocycles. The van der Waals surface area contributed by atoms with Gasteiger partial charge in [-0.15, -0.1) is 0 Å². The van der Waals surface area contributed by atoms with E-state index in [2.05, 4.69) is 39.6 Å². The fourth-order valence-electron chi connectivity index (χ4n) is 4.11. The molecule has 0 aromatic carbocycles. The van der Waals surface area contributed by atoms with Crippen molar-refractivity contribution in [2.45, 2.75) is 26.8 Å². The Hall–Kier alpha value is -1.01. The maximum Gasteiger partial charge on any atom is 0.0594 e. The average Bonchev–Trinajstić information content (AvgIpc) is 2.81. The first-order valence-electron chi connectivity index (χ1n) is 9.74. The first kappa shape index (κ1) is 18.8. The van der Waals surface area contributed by atoms with Crippen molar-refractivity contribution < 1.29 is 4.74 Å². The molecule has 0 unspecified atom stereocenters. The first-order chi connectivity index (χ1) is 12.1. The van der Waals surface area contributed by atoms with Crippen molar-refractivity contribution in [3.63, 3.8) is 0 Å². The monoisotopic (exact) mass is 346 g/mol. The van der Waals surface area contributed by atoms with Crippen molar-refractivity contribution in [1.29, 1.82) is 0 Å². The molecule has 5 nitrogen and oxygen atoms in total. The number of hydrogen-bond donors (Lipinski definition) is 0. The van der Waals surface area contributed by atoms with Gasteiger partial charge in [0, 0.05) is 58.2 Å².